The van der Waals surface area contributed by atoms with Gasteiger partial charge in [0.15, 0.2) is 0 Å². The van der Waals surface area contributed by atoms with E-state index in [1.807, 2.05) is 50.3 Å². The highest BCUT2D eigenvalue weighted by Crippen LogP contribution is 2.16. The molecule has 0 unspecified atom stereocenters. The van der Waals surface area contributed by atoms with Gasteiger partial charge < -0.3 is 15.0 Å². The number of rotatable bonds is 2. The number of nitrogens with one attached hydrogen (secondary N) is 1. The topological polar surface area (TPSA) is 52.1 Å². The molecule has 0 radical (unpaired) electrons. The molecule has 0 atom stereocenters. The number of aromatic nitrogens is 2. The normalized spacial score (nSPS) is 9.88. The first kappa shape index (κ1) is 13.3. The second kappa shape index (κ2) is 6.70. The van der Waals surface area contributed by atoms with E-state index in [2.05, 4.69) is 9.97 Å². The van der Waals surface area contributed by atoms with E-state index in [1.54, 1.807) is 12.4 Å². The molecule has 1 heterocycles. The molecule has 1 aromatic heterocycles. The van der Waals surface area contributed by atoms with Gasteiger partial charge in [0, 0.05) is 18.3 Å². The average Bonchev–Trinajstić information content (AvgIpc) is 2.73. The standard InChI is InChI=1S/C9H13NO.C4H6N2/c1-10(2)7-8-5-3-4-6-9(8)11;1-4-2-5-3-6-4/h3-6,11H,7H2,1-2H3;2-3H,1H3,(H,5,6). The Bertz CT molecular complexity index is 424. The molecule has 0 bridgehead atoms. The van der Waals surface area contributed by atoms with E-state index in [1.165, 1.54) is 0 Å². The van der Waals surface area contributed by atoms with Crippen molar-refractivity contribution in [3.05, 3.63) is 48.0 Å². The van der Waals surface area contributed by atoms with Gasteiger partial charge in [0.05, 0.1) is 12.0 Å². The van der Waals surface area contributed by atoms with Crippen molar-refractivity contribution in [2.75, 3.05) is 14.1 Å². The number of benzene rings is 1. The second-order valence-corrected chi connectivity index (χ2v) is 4.08. The molecule has 2 N–H and O–H groups in total. The SMILES string of the molecule is CN(C)Cc1ccccc1O.Cc1c[nH]cn1. The molecule has 0 saturated carbocycles. The highest BCUT2D eigenvalue weighted by atomic mass is 16.3. The maximum atomic E-state index is 9.33. The second-order valence-electron chi connectivity index (χ2n) is 4.08. The number of phenols is 1. The fraction of sp³-hybridized carbons (Fsp3) is 0.308. The fourth-order valence-electron chi connectivity index (χ4n) is 1.32. The molecule has 0 aliphatic rings. The van der Waals surface area contributed by atoms with E-state index in [-0.39, 0.29) is 0 Å². The van der Waals surface area contributed by atoms with Gasteiger partial charge in [-0.05, 0) is 27.1 Å². The molecule has 2 rings (SSSR count). The number of imidazole rings is 1. The Labute approximate surface area is 102 Å². The van der Waals surface area contributed by atoms with E-state index in [0.29, 0.717) is 5.75 Å². The first-order chi connectivity index (χ1) is 8.09. The highest BCUT2D eigenvalue weighted by molar-refractivity contribution is 5.31. The summed E-state index contributed by atoms with van der Waals surface area (Å²) in [5.74, 6) is 0.376. The van der Waals surface area contributed by atoms with Crippen molar-refractivity contribution in [1.29, 1.82) is 0 Å². The Kier molecular flexibility index (Phi) is 5.23. The van der Waals surface area contributed by atoms with Crippen LogP contribution in [0.1, 0.15) is 11.3 Å². The van der Waals surface area contributed by atoms with E-state index in [9.17, 15) is 5.11 Å². The number of H-pyrrole nitrogens is 1. The number of aromatic hydroxyl groups is 1. The number of aromatic amines is 1. The molecule has 17 heavy (non-hydrogen) atoms. The van der Waals surface area contributed by atoms with Crippen LogP contribution in [-0.2, 0) is 6.54 Å². The van der Waals surface area contributed by atoms with Gasteiger partial charge in [-0.15, -0.1) is 0 Å². The number of para-hydroxylation sites is 1. The first-order valence-corrected chi connectivity index (χ1v) is 5.46. The lowest BCUT2D eigenvalue weighted by Gasteiger charge is -2.10. The molecule has 1 aromatic carbocycles. The van der Waals surface area contributed by atoms with Crippen LogP contribution in [0.2, 0.25) is 0 Å². The van der Waals surface area contributed by atoms with Gasteiger partial charge in [-0.2, -0.15) is 0 Å². The van der Waals surface area contributed by atoms with Crippen LogP contribution in [0.15, 0.2) is 36.8 Å². The van der Waals surface area contributed by atoms with Gasteiger partial charge in [-0.25, -0.2) is 4.98 Å². The Morgan fingerprint density at radius 1 is 1.29 bits per heavy atom. The van der Waals surface area contributed by atoms with Crippen LogP contribution in [0.3, 0.4) is 0 Å². The molecule has 0 spiro atoms. The van der Waals surface area contributed by atoms with Crippen LogP contribution < -0.4 is 0 Å². The predicted molar refractivity (Wildman–Crippen MR) is 68.8 cm³/mol. The smallest absolute Gasteiger partial charge is 0.120 e. The van der Waals surface area contributed by atoms with E-state index < -0.39 is 0 Å². The number of hydrogen-bond acceptors (Lipinski definition) is 3. The maximum absolute atomic E-state index is 9.33. The molecule has 0 saturated heterocycles. The minimum absolute atomic E-state index is 0.376. The van der Waals surface area contributed by atoms with Crippen LogP contribution in [0, 0.1) is 6.92 Å². The summed E-state index contributed by atoms with van der Waals surface area (Å²) in [7, 11) is 3.96. The molecular formula is C13H19N3O. The Morgan fingerprint density at radius 2 is 2.00 bits per heavy atom. The minimum atomic E-state index is 0.376. The molecule has 92 valence electrons. The van der Waals surface area contributed by atoms with Gasteiger partial charge in [0.2, 0.25) is 0 Å². The van der Waals surface area contributed by atoms with Crippen molar-refractivity contribution < 1.29 is 5.11 Å². The third kappa shape index (κ3) is 5.17. The zero-order valence-corrected chi connectivity index (χ0v) is 10.5. The molecule has 4 heteroatoms. The maximum Gasteiger partial charge on any atom is 0.120 e. The molecule has 4 nitrogen and oxygen atoms in total. The van der Waals surface area contributed by atoms with Crippen LogP contribution in [0.4, 0.5) is 0 Å². The number of nitrogens with zero attached hydrogens (tertiary/aromatic N) is 2. The van der Waals surface area contributed by atoms with Crippen molar-refractivity contribution in [2.45, 2.75) is 13.5 Å². The third-order valence-electron chi connectivity index (χ3n) is 2.11. The van der Waals surface area contributed by atoms with Crippen LogP contribution in [-0.4, -0.2) is 34.1 Å². The molecular weight excluding hydrogens is 214 g/mol. The van der Waals surface area contributed by atoms with Crippen LogP contribution in [0.5, 0.6) is 5.75 Å². The minimum Gasteiger partial charge on any atom is -0.508 e. The fourth-order valence-corrected chi connectivity index (χ4v) is 1.32. The van der Waals surface area contributed by atoms with Crippen LogP contribution >= 0.6 is 0 Å². The van der Waals surface area contributed by atoms with Gasteiger partial charge in [-0.1, -0.05) is 18.2 Å². The quantitative estimate of drug-likeness (QED) is 0.836. The molecule has 0 aliphatic carbocycles. The molecule has 0 amide bonds. The summed E-state index contributed by atoms with van der Waals surface area (Å²) in [6.45, 7) is 2.73. The summed E-state index contributed by atoms with van der Waals surface area (Å²) in [5.41, 5.74) is 2.01. The zero-order chi connectivity index (χ0) is 12.7. The molecule has 0 fully saturated rings. The van der Waals surface area contributed by atoms with Gasteiger partial charge >= 0.3 is 0 Å². The summed E-state index contributed by atoms with van der Waals surface area (Å²) >= 11 is 0. The van der Waals surface area contributed by atoms with Crippen molar-refractivity contribution in [2.24, 2.45) is 0 Å². The van der Waals surface area contributed by atoms with E-state index >= 15 is 0 Å². The lowest BCUT2D eigenvalue weighted by molar-refractivity contribution is 0.386. The van der Waals surface area contributed by atoms with Gasteiger partial charge in [0.1, 0.15) is 5.75 Å². The van der Waals surface area contributed by atoms with Crippen molar-refractivity contribution in [1.82, 2.24) is 14.9 Å². The van der Waals surface area contributed by atoms with Gasteiger partial charge in [-0.3, -0.25) is 0 Å². The number of phenolic OH excluding ortho intramolecular Hbond substituents is 1. The summed E-state index contributed by atoms with van der Waals surface area (Å²) in [4.78, 5) is 8.70. The summed E-state index contributed by atoms with van der Waals surface area (Å²) < 4.78 is 0. The Hall–Kier alpha value is -1.81. The summed E-state index contributed by atoms with van der Waals surface area (Å²) in [6, 6.07) is 7.39. The summed E-state index contributed by atoms with van der Waals surface area (Å²) in [5, 5.41) is 9.33. The average molecular weight is 233 g/mol. The van der Waals surface area contributed by atoms with Crippen molar-refractivity contribution in [3.8, 4) is 5.75 Å². The number of aryl methyl sites for hydroxylation is 1. The first-order valence-electron chi connectivity index (χ1n) is 5.46. The largest absolute Gasteiger partial charge is 0.508 e. The molecule has 0 aliphatic heterocycles. The lowest BCUT2D eigenvalue weighted by Crippen LogP contribution is -2.10. The number of hydrogen-bond donors (Lipinski definition) is 2. The Balaban J connectivity index is 0.000000202. The molecule has 2 aromatic rings. The monoisotopic (exact) mass is 233 g/mol. The Morgan fingerprint density at radius 3 is 2.41 bits per heavy atom. The van der Waals surface area contributed by atoms with Crippen molar-refractivity contribution >= 4 is 0 Å². The lowest BCUT2D eigenvalue weighted by atomic mass is 10.2. The van der Waals surface area contributed by atoms with E-state index in [0.717, 1.165) is 17.8 Å². The van der Waals surface area contributed by atoms with E-state index in [4.69, 9.17) is 0 Å². The predicted octanol–water partition coefficient (Wildman–Crippen LogP) is 2.17. The zero-order valence-electron chi connectivity index (χ0n) is 10.5. The van der Waals surface area contributed by atoms with Crippen molar-refractivity contribution in [3.63, 3.8) is 0 Å². The third-order valence-corrected chi connectivity index (χ3v) is 2.11. The van der Waals surface area contributed by atoms with Crippen LogP contribution in [0.25, 0.3) is 0 Å². The van der Waals surface area contributed by atoms with Gasteiger partial charge in [0.25, 0.3) is 0 Å². The highest BCUT2D eigenvalue weighted by Gasteiger charge is 1.98. The summed E-state index contributed by atoms with van der Waals surface area (Å²) in [6.07, 6.45) is 3.51.